The average Bonchev–Trinajstić information content (AvgIpc) is 3.96. The van der Waals surface area contributed by atoms with Crippen molar-refractivity contribution in [3.05, 3.63) is 164 Å². The van der Waals surface area contributed by atoms with Crippen molar-refractivity contribution in [3.63, 3.8) is 0 Å². The summed E-state index contributed by atoms with van der Waals surface area (Å²) in [6, 6.07) is 59.8. The van der Waals surface area contributed by atoms with Crippen LogP contribution >= 0.6 is 11.3 Å². The first-order valence-corrected chi connectivity index (χ1v) is 18.8. The van der Waals surface area contributed by atoms with Gasteiger partial charge in [-0.3, -0.25) is 0 Å². The highest BCUT2D eigenvalue weighted by Gasteiger charge is 2.24. The molecule has 0 amide bonds. The minimum absolute atomic E-state index is 0.878. The Bertz CT molecular complexity index is 3650. The van der Waals surface area contributed by atoms with E-state index in [2.05, 4.69) is 171 Å². The van der Waals surface area contributed by atoms with Crippen LogP contribution in [0.3, 0.4) is 0 Å². The van der Waals surface area contributed by atoms with Gasteiger partial charge < -0.3 is 18.1 Å². The molecule has 8 aromatic carbocycles. The molecule has 0 bridgehead atoms. The maximum absolute atomic E-state index is 6.46. The second-order valence-electron chi connectivity index (χ2n) is 14.1. The third kappa shape index (κ3) is 3.54. The van der Waals surface area contributed by atoms with Gasteiger partial charge in [-0.25, -0.2) is 0 Å². The Hall–Kier alpha value is -6.82. The van der Waals surface area contributed by atoms with Crippen LogP contribution in [0.5, 0.6) is 0 Å². The number of thiophene rings is 1. The van der Waals surface area contributed by atoms with E-state index in [-0.39, 0.29) is 0 Å². The molecule has 0 unspecified atom stereocenters. The first kappa shape index (κ1) is 27.8. The largest absolute Gasteiger partial charge is 0.456 e. The molecular formula is C48H27N3OS. The Morgan fingerprint density at radius 1 is 0.396 bits per heavy atom. The van der Waals surface area contributed by atoms with Crippen LogP contribution in [0.25, 0.3) is 96.8 Å². The van der Waals surface area contributed by atoms with Crippen LogP contribution in [-0.2, 0) is 0 Å². The lowest BCUT2D eigenvalue weighted by Crippen LogP contribution is -2.11. The summed E-state index contributed by atoms with van der Waals surface area (Å²) in [6.45, 7) is 0. The molecule has 246 valence electrons. The first-order valence-electron chi connectivity index (χ1n) is 18.0. The quantitative estimate of drug-likeness (QED) is 0.172. The predicted molar refractivity (Wildman–Crippen MR) is 224 cm³/mol. The van der Waals surface area contributed by atoms with Crippen molar-refractivity contribution in [1.29, 1.82) is 0 Å². The molecule has 5 heterocycles. The maximum Gasteiger partial charge on any atom is 0.137 e. The van der Waals surface area contributed by atoms with E-state index in [0.717, 1.165) is 44.5 Å². The number of anilines is 3. The summed E-state index contributed by atoms with van der Waals surface area (Å²) in [7, 11) is 0. The summed E-state index contributed by atoms with van der Waals surface area (Å²) in [6.07, 6.45) is 0. The number of hydrogen-bond acceptors (Lipinski definition) is 3. The lowest BCUT2D eigenvalue weighted by Gasteiger charge is -2.27. The fourth-order valence-electron chi connectivity index (χ4n) is 9.24. The highest BCUT2D eigenvalue weighted by Crippen LogP contribution is 2.47. The van der Waals surface area contributed by atoms with Gasteiger partial charge in [0.1, 0.15) is 11.2 Å². The highest BCUT2D eigenvalue weighted by atomic mass is 32.1. The van der Waals surface area contributed by atoms with E-state index < -0.39 is 0 Å². The molecule has 13 aromatic rings. The van der Waals surface area contributed by atoms with Crippen molar-refractivity contribution in [2.75, 3.05) is 4.90 Å². The summed E-state index contributed by atoms with van der Waals surface area (Å²) >= 11 is 1.85. The third-order valence-electron chi connectivity index (χ3n) is 11.4. The lowest BCUT2D eigenvalue weighted by molar-refractivity contribution is 0.669. The molecule has 5 heteroatoms. The number of benzene rings is 8. The van der Waals surface area contributed by atoms with Crippen molar-refractivity contribution in [3.8, 4) is 0 Å². The number of nitrogens with zero attached hydrogens (tertiary/aromatic N) is 3. The number of hydrogen-bond donors (Lipinski definition) is 0. The molecule has 0 fully saturated rings. The van der Waals surface area contributed by atoms with E-state index in [0.29, 0.717) is 0 Å². The normalized spacial score (nSPS) is 12.5. The van der Waals surface area contributed by atoms with Gasteiger partial charge in [0, 0.05) is 58.5 Å². The zero-order valence-electron chi connectivity index (χ0n) is 28.2. The van der Waals surface area contributed by atoms with Crippen molar-refractivity contribution < 1.29 is 4.42 Å². The number of para-hydroxylation sites is 3. The van der Waals surface area contributed by atoms with Crippen molar-refractivity contribution in [2.45, 2.75) is 0 Å². The number of furan rings is 1. The molecule has 0 aliphatic heterocycles. The Balaban J connectivity index is 1.18. The summed E-state index contributed by atoms with van der Waals surface area (Å²) in [4.78, 5) is 2.43. The second kappa shape index (κ2) is 9.94. The summed E-state index contributed by atoms with van der Waals surface area (Å²) in [5, 5.41) is 9.89. The highest BCUT2D eigenvalue weighted by molar-refractivity contribution is 7.25. The zero-order chi connectivity index (χ0) is 34.4. The average molecular weight is 694 g/mol. The van der Waals surface area contributed by atoms with E-state index in [1.54, 1.807) is 0 Å². The Morgan fingerprint density at radius 3 is 1.77 bits per heavy atom. The maximum atomic E-state index is 6.46. The Labute approximate surface area is 305 Å². The Morgan fingerprint density at radius 2 is 0.981 bits per heavy atom. The van der Waals surface area contributed by atoms with E-state index in [9.17, 15) is 0 Å². The van der Waals surface area contributed by atoms with E-state index in [1.165, 1.54) is 69.3 Å². The van der Waals surface area contributed by atoms with Crippen LogP contribution in [0.15, 0.2) is 168 Å². The summed E-state index contributed by atoms with van der Waals surface area (Å²) in [5.74, 6) is 0. The van der Waals surface area contributed by atoms with Gasteiger partial charge in [0.2, 0.25) is 0 Å². The molecule has 5 aromatic heterocycles. The van der Waals surface area contributed by atoms with Gasteiger partial charge in [-0.05, 0) is 66.7 Å². The molecule has 0 aliphatic carbocycles. The number of aromatic nitrogens is 2. The fourth-order valence-corrected chi connectivity index (χ4v) is 10.4. The second-order valence-corrected chi connectivity index (χ2v) is 15.2. The molecule has 4 nitrogen and oxygen atoms in total. The van der Waals surface area contributed by atoms with Crippen LogP contribution in [0.2, 0.25) is 0 Å². The monoisotopic (exact) mass is 693 g/mol. The molecule has 13 rings (SSSR count). The van der Waals surface area contributed by atoms with Crippen molar-refractivity contribution >= 4 is 125 Å². The first-order chi connectivity index (χ1) is 26.3. The molecule has 0 saturated heterocycles. The van der Waals surface area contributed by atoms with Gasteiger partial charge in [-0.2, -0.15) is 0 Å². The van der Waals surface area contributed by atoms with E-state index >= 15 is 0 Å². The number of rotatable bonds is 3. The van der Waals surface area contributed by atoms with Gasteiger partial charge >= 0.3 is 0 Å². The minimum Gasteiger partial charge on any atom is -0.456 e. The van der Waals surface area contributed by atoms with Crippen LogP contribution < -0.4 is 4.90 Å². The topological polar surface area (TPSA) is 25.2 Å². The van der Waals surface area contributed by atoms with Crippen LogP contribution in [0.4, 0.5) is 17.1 Å². The van der Waals surface area contributed by atoms with Gasteiger partial charge in [0.25, 0.3) is 0 Å². The minimum atomic E-state index is 0.878. The summed E-state index contributed by atoms with van der Waals surface area (Å²) in [5.41, 5.74) is 12.3. The molecule has 0 spiro atoms. The molecule has 0 atom stereocenters. The third-order valence-corrected chi connectivity index (χ3v) is 12.5. The fraction of sp³-hybridized carbons (Fsp3) is 0. The van der Waals surface area contributed by atoms with Gasteiger partial charge in [0.15, 0.2) is 0 Å². The molecule has 53 heavy (non-hydrogen) atoms. The molecular weight excluding hydrogens is 667 g/mol. The van der Waals surface area contributed by atoms with Crippen molar-refractivity contribution in [1.82, 2.24) is 8.80 Å². The van der Waals surface area contributed by atoms with E-state index in [1.807, 2.05) is 17.4 Å². The molecule has 0 N–H and O–H groups in total. The standard InChI is InChI=1S/C48H27N3OS/c1-5-14-37-30(10-1)34-23-24-35-31-11-2-6-15-38(31)51-41-26-28(21-25-39(41)50(37)47(34)48(35)51)49(29-20-22-33-32-12-4-8-19-44(32)53-45(33)27-29)40-16-9-18-43-46(40)36-13-3-7-17-42(36)52-43/h1-27H. The SMILES string of the molecule is c1ccc2c(c1)oc1cccc(N(c3ccc4c(c3)sc3ccccc34)c3ccc4c(c3)n3c5ccccc5c5ccc6c7ccccc7n4c6c53)c12. The van der Waals surface area contributed by atoms with E-state index in [4.69, 9.17) is 4.42 Å². The lowest BCUT2D eigenvalue weighted by atomic mass is 10.1. The Kier molecular flexibility index (Phi) is 5.22. The van der Waals surface area contributed by atoms with Gasteiger partial charge in [-0.1, -0.05) is 97.1 Å². The smallest absolute Gasteiger partial charge is 0.137 e. The predicted octanol–water partition coefficient (Wildman–Crippen LogP) is 14.0. The molecule has 0 radical (unpaired) electrons. The van der Waals surface area contributed by atoms with Crippen LogP contribution in [-0.4, -0.2) is 8.80 Å². The zero-order valence-corrected chi connectivity index (χ0v) is 29.1. The summed E-state index contributed by atoms with van der Waals surface area (Å²) < 4.78 is 14.0. The number of fused-ring (bicyclic) bond motifs is 15. The molecule has 0 saturated carbocycles. The van der Waals surface area contributed by atoms with Crippen LogP contribution in [0.1, 0.15) is 0 Å². The van der Waals surface area contributed by atoms with Crippen LogP contribution in [0, 0.1) is 0 Å². The van der Waals surface area contributed by atoms with Gasteiger partial charge in [-0.15, -0.1) is 11.3 Å². The van der Waals surface area contributed by atoms with Gasteiger partial charge in [0.05, 0.1) is 44.2 Å². The van der Waals surface area contributed by atoms with Crippen molar-refractivity contribution in [2.24, 2.45) is 0 Å². The molecule has 0 aliphatic rings.